The Morgan fingerprint density at radius 1 is 1.50 bits per heavy atom. The van der Waals surface area contributed by atoms with Crippen molar-refractivity contribution in [2.75, 3.05) is 6.61 Å². The zero-order valence-electron chi connectivity index (χ0n) is 10.2. The van der Waals surface area contributed by atoms with Gasteiger partial charge in [0.1, 0.15) is 5.75 Å². The summed E-state index contributed by atoms with van der Waals surface area (Å²) in [7, 11) is 1.70. The highest BCUT2D eigenvalue weighted by molar-refractivity contribution is 5.65. The van der Waals surface area contributed by atoms with Gasteiger partial charge < -0.3 is 10.5 Å². The smallest absolute Gasteiger partial charge is 0.271 e. The number of rotatable bonds is 2. The minimum absolute atomic E-state index is 0.0655. The van der Waals surface area contributed by atoms with E-state index in [9.17, 15) is 4.79 Å². The van der Waals surface area contributed by atoms with Crippen LogP contribution >= 0.6 is 0 Å². The van der Waals surface area contributed by atoms with E-state index in [4.69, 9.17) is 10.5 Å². The molecule has 3 N–H and O–H groups in total. The van der Waals surface area contributed by atoms with Gasteiger partial charge in [0.05, 0.1) is 17.9 Å². The molecule has 1 aliphatic rings. The van der Waals surface area contributed by atoms with E-state index in [2.05, 4.69) is 11.2 Å². The van der Waals surface area contributed by atoms with Crippen LogP contribution in [-0.2, 0) is 20.0 Å². The van der Waals surface area contributed by atoms with Crippen LogP contribution in [0.4, 0.5) is 0 Å². The summed E-state index contributed by atoms with van der Waals surface area (Å²) in [5, 5.41) is 3.05. The lowest BCUT2D eigenvalue weighted by atomic mass is 10.0. The van der Waals surface area contributed by atoms with E-state index in [1.54, 1.807) is 7.05 Å². The van der Waals surface area contributed by atoms with E-state index >= 15 is 0 Å². The fourth-order valence-electron chi connectivity index (χ4n) is 2.37. The number of aryl methyl sites for hydroxylation is 1. The summed E-state index contributed by atoms with van der Waals surface area (Å²) >= 11 is 0. The first-order chi connectivity index (χ1) is 8.70. The molecule has 2 aromatic rings. The van der Waals surface area contributed by atoms with E-state index in [1.165, 1.54) is 10.2 Å². The lowest BCUT2D eigenvalue weighted by Crippen LogP contribution is -2.17. The molecular weight excluding hydrogens is 230 g/mol. The predicted molar refractivity (Wildman–Crippen MR) is 68.6 cm³/mol. The monoisotopic (exact) mass is 245 g/mol. The second-order valence-electron chi connectivity index (χ2n) is 4.45. The standard InChI is InChI=1S/C13H15N3O2/c1-16-13(17)10(7-14)12(15-16)9-2-3-11-8(6-9)4-5-18-11/h2-3,6,15H,4-5,7,14H2,1H3. The molecule has 0 saturated carbocycles. The van der Waals surface area contributed by atoms with Crippen molar-refractivity contribution in [2.24, 2.45) is 12.8 Å². The van der Waals surface area contributed by atoms with Crippen LogP contribution in [0, 0.1) is 0 Å². The first-order valence-corrected chi connectivity index (χ1v) is 5.94. The van der Waals surface area contributed by atoms with Crippen LogP contribution in [0.3, 0.4) is 0 Å². The van der Waals surface area contributed by atoms with Crippen molar-refractivity contribution in [1.29, 1.82) is 0 Å². The zero-order chi connectivity index (χ0) is 12.7. The number of ether oxygens (including phenoxy) is 1. The van der Waals surface area contributed by atoms with Crippen molar-refractivity contribution in [3.05, 3.63) is 39.7 Å². The molecule has 0 atom stereocenters. The number of nitrogens with two attached hydrogens (primary N) is 1. The van der Waals surface area contributed by atoms with Crippen molar-refractivity contribution in [1.82, 2.24) is 9.78 Å². The first kappa shape index (κ1) is 11.1. The molecule has 2 heterocycles. The molecule has 0 unspecified atom stereocenters. The fraction of sp³-hybridized carbons (Fsp3) is 0.308. The number of nitrogens with one attached hydrogen (secondary N) is 1. The topological polar surface area (TPSA) is 73.0 Å². The third-order valence-electron chi connectivity index (χ3n) is 3.33. The number of benzene rings is 1. The Morgan fingerprint density at radius 3 is 3.11 bits per heavy atom. The quantitative estimate of drug-likeness (QED) is 0.821. The molecule has 5 nitrogen and oxygen atoms in total. The number of H-pyrrole nitrogens is 1. The van der Waals surface area contributed by atoms with Crippen molar-refractivity contribution < 1.29 is 4.74 Å². The Morgan fingerprint density at radius 2 is 2.33 bits per heavy atom. The number of nitrogens with zero attached hydrogens (tertiary/aromatic N) is 1. The van der Waals surface area contributed by atoms with Gasteiger partial charge in [0.15, 0.2) is 0 Å². The van der Waals surface area contributed by atoms with Crippen LogP contribution < -0.4 is 16.0 Å². The molecule has 0 fully saturated rings. The Bertz CT molecular complexity index is 655. The minimum Gasteiger partial charge on any atom is -0.493 e. The van der Waals surface area contributed by atoms with Gasteiger partial charge in [-0.1, -0.05) is 0 Å². The number of fused-ring (bicyclic) bond motifs is 1. The molecule has 1 aromatic carbocycles. The second kappa shape index (κ2) is 4.03. The van der Waals surface area contributed by atoms with Gasteiger partial charge >= 0.3 is 0 Å². The molecule has 0 aliphatic carbocycles. The number of hydrogen-bond donors (Lipinski definition) is 2. The molecule has 5 heteroatoms. The predicted octanol–water partition coefficient (Wildman–Crippen LogP) is 0.774. The summed E-state index contributed by atoms with van der Waals surface area (Å²) in [6, 6.07) is 5.96. The number of aromatic amines is 1. The van der Waals surface area contributed by atoms with Crippen molar-refractivity contribution in [2.45, 2.75) is 13.0 Å². The fourth-order valence-corrected chi connectivity index (χ4v) is 2.37. The summed E-state index contributed by atoms with van der Waals surface area (Å²) in [5.41, 5.74) is 9.18. The molecule has 0 saturated heterocycles. The molecular formula is C13H15N3O2. The van der Waals surface area contributed by atoms with Gasteiger partial charge in [0, 0.05) is 25.6 Å². The van der Waals surface area contributed by atoms with Gasteiger partial charge in [-0.2, -0.15) is 0 Å². The molecule has 1 aromatic heterocycles. The summed E-state index contributed by atoms with van der Waals surface area (Å²) in [4.78, 5) is 11.9. The largest absolute Gasteiger partial charge is 0.493 e. The molecule has 0 spiro atoms. The van der Waals surface area contributed by atoms with Crippen LogP contribution in [0.1, 0.15) is 11.1 Å². The number of hydrogen-bond acceptors (Lipinski definition) is 3. The molecule has 0 bridgehead atoms. The summed E-state index contributed by atoms with van der Waals surface area (Å²) in [6.45, 7) is 0.965. The molecule has 0 radical (unpaired) electrons. The molecule has 94 valence electrons. The van der Waals surface area contributed by atoms with Gasteiger partial charge in [0.2, 0.25) is 0 Å². The highest BCUT2D eigenvalue weighted by Crippen LogP contribution is 2.30. The van der Waals surface area contributed by atoms with Gasteiger partial charge in [0.25, 0.3) is 5.56 Å². The van der Waals surface area contributed by atoms with Gasteiger partial charge in [-0.05, 0) is 23.8 Å². The number of aromatic nitrogens is 2. The maximum atomic E-state index is 11.9. The van der Waals surface area contributed by atoms with Crippen LogP contribution in [0.25, 0.3) is 11.3 Å². The first-order valence-electron chi connectivity index (χ1n) is 5.94. The third kappa shape index (κ3) is 1.55. The van der Waals surface area contributed by atoms with E-state index in [1.807, 2.05) is 12.1 Å². The Hall–Kier alpha value is -2.01. The Labute approximate surface area is 104 Å². The van der Waals surface area contributed by atoms with Crippen molar-refractivity contribution >= 4 is 0 Å². The van der Waals surface area contributed by atoms with Crippen molar-refractivity contribution in [3.8, 4) is 17.0 Å². The van der Waals surface area contributed by atoms with Crippen LogP contribution in [0.5, 0.6) is 5.75 Å². The van der Waals surface area contributed by atoms with Gasteiger partial charge in [-0.15, -0.1) is 0 Å². The lowest BCUT2D eigenvalue weighted by molar-refractivity contribution is 0.357. The summed E-state index contributed by atoms with van der Waals surface area (Å²) in [5.74, 6) is 0.936. The molecule has 1 aliphatic heterocycles. The Kier molecular flexibility index (Phi) is 2.48. The van der Waals surface area contributed by atoms with Crippen molar-refractivity contribution in [3.63, 3.8) is 0 Å². The van der Waals surface area contributed by atoms with E-state index in [0.29, 0.717) is 5.56 Å². The van der Waals surface area contributed by atoms with E-state index in [0.717, 1.165) is 30.0 Å². The van der Waals surface area contributed by atoms with Gasteiger partial charge in [-0.3, -0.25) is 14.6 Å². The van der Waals surface area contributed by atoms with Gasteiger partial charge in [-0.25, -0.2) is 0 Å². The molecule has 18 heavy (non-hydrogen) atoms. The normalized spacial score (nSPS) is 13.4. The van der Waals surface area contributed by atoms with E-state index < -0.39 is 0 Å². The third-order valence-corrected chi connectivity index (χ3v) is 3.33. The van der Waals surface area contributed by atoms with Crippen LogP contribution in [0.15, 0.2) is 23.0 Å². The highest BCUT2D eigenvalue weighted by atomic mass is 16.5. The zero-order valence-corrected chi connectivity index (χ0v) is 10.2. The lowest BCUT2D eigenvalue weighted by Gasteiger charge is -2.04. The highest BCUT2D eigenvalue weighted by Gasteiger charge is 2.16. The second-order valence-corrected chi connectivity index (χ2v) is 4.45. The Balaban J connectivity index is 2.15. The average Bonchev–Trinajstić information content (AvgIpc) is 2.94. The van der Waals surface area contributed by atoms with Crippen LogP contribution in [-0.4, -0.2) is 16.4 Å². The maximum Gasteiger partial charge on any atom is 0.271 e. The maximum absolute atomic E-state index is 11.9. The SMILES string of the molecule is Cn1[nH]c(-c2ccc3c(c2)CCO3)c(CN)c1=O. The summed E-state index contributed by atoms with van der Waals surface area (Å²) in [6.07, 6.45) is 0.915. The van der Waals surface area contributed by atoms with E-state index in [-0.39, 0.29) is 12.1 Å². The average molecular weight is 245 g/mol. The summed E-state index contributed by atoms with van der Waals surface area (Å²) < 4.78 is 6.93. The molecule has 0 amide bonds. The van der Waals surface area contributed by atoms with Crippen LogP contribution in [0.2, 0.25) is 0 Å². The minimum atomic E-state index is -0.0655. The molecule has 3 rings (SSSR count).